The highest BCUT2D eigenvalue weighted by Gasteiger charge is 2.61. The molecule has 0 aromatic carbocycles. The van der Waals surface area contributed by atoms with E-state index in [-0.39, 0.29) is 22.9 Å². The zero-order valence-corrected chi connectivity index (χ0v) is 17.3. The van der Waals surface area contributed by atoms with Crippen LogP contribution in [0.15, 0.2) is 23.8 Å². The van der Waals surface area contributed by atoms with Crippen molar-refractivity contribution in [3.63, 3.8) is 0 Å². The van der Waals surface area contributed by atoms with Gasteiger partial charge in [0.1, 0.15) is 0 Å². The Morgan fingerprint density at radius 1 is 1.31 bits per heavy atom. The summed E-state index contributed by atoms with van der Waals surface area (Å²) in [6.07, 6.45) is 10.0. The van der Waals surface area contributed by atoms with Gasteiger partial charge in [0.25, 0.3) is 0 Å². The van der Waals surface area contributed by atoms with Crippen molar-refractivity contribution in [3.05, 3.63) is 23.8 Å². The zero-order chi connectivity index (χ0) is 19.1. The fourth-order valence-electron chi connectivity index (χ4n) is 6.53. The predicted octanol–water partition coefficient (Wildman–Crippen LogP) is 5.45. The molecule has 2 aliphatic carbocycles. The quantitative estimate of drug-likeness (QED) is 0.494. The smallest absolute Gasteiger partial charge is 0.305 e. The van der Waals surface area contributed by atoms with Crippen LogP contribution < -0.4 is 0 Å². The van der Waals surface area contributed by atoms with Crippen LogP contribution in [0.1, 0.15) is 72.6 Å². The van der Waals surface area contributed by atoms with Crippen molar-refractivity contribution in [2.24, 2.45) is 22.7 Å². The molecule has 0 aromatic rings. The lowest BCUT2D eigenvalue weighted by atomic mass is 9.45. The Morgan fingerprint density at radius 2 is 2.04 bits per heavy atom. The van der Waals surface area contributed by atoms with Gasteiger partial charge in [-0.1, -0.05) is 37.6 Å². The Morgan fingerprint density at radius 3 is 2.69 bits per heavy atom. The van der Waals surface area contributed by atoms with Crippen molar-refractivity contribution < 1.29 is 14.3 Å². The molecule has 146 valence electrons. The van der Waals surface area contributed by atoms with E-state index in [2.05, 4.69) is 40.3 Å². The van der Waals surface area contributed by atoms with E-state index >= 15 is 0 Å². The minimum Gasteiger partial charge on any atom is -0.469 e. The summed E-state index contributed by atoms with van der Waals surface area (Å²) in [5, 5.41) is 0. The second kappa shape index (κ2) is 7.14. The van der Waals surface area contributed by atoms with Crippen LogP contribution in [0, 0.1) is 22.7 Å². The lowest BCUT2D eigenvalue weighted by Crippen LogP contribution is -2.54. The molecule has 3 nitrogen and oxygen atoms in total. The van der Waals surface area contributed by atoms with Gasteiger partial charge in [0.2, 0.25) is 0 Å². The first kappa shape index (κ1) is 19.7. The van der Waals surface area contributed by atoms with Crippen LogP contribution in [0.5, 0.6) is 0 Å². The fourth-order valence-corrected chi connectivity index (χ4v) is 6.53. The van der Waals surface area contributed by atoms with E-state index in [4.69, 9.17) is 9.47 Å². The molecule has 3 heteroatoms. The van der Waals surface area contributed by atoms with Crippen LogP contribution in [-0.4, -0.2) is 25.3 Å². The van der Waals surface area contributed by atoms with Crippen molar-refractivity contribution in [1.82, 2.24) is 0 Å². The number of allylic oxidation sites excluding steroid dienone is 2. The maximum absolute atomic E-state index is 11.7. The number of rotatable bonds is 4. The second-order valence-electron chi connectivity index (χ2n) is 9.58. The van der Waals surface area contributed by atoms with Crippen LogP contribution in [0.25, 0.3) is 0 Å². The lowest BCUT2D eigenvalue weighted by Gasteiger charge is -2.59. The molecule has 6 atom stereocenters. The van der Waals surface area contributed by atoms with E-state index in [0.29, 0.717) is 24.4 Å². The lowest BCUT2D eigenvalue weighted by molar-refractivity contribution is -0.142. The van der Waals surface area contributed by atoms with Crippen LogP contribution in [0.2, 0.25) is 0 Å². The number of ether oxygens (including phenoxy) is 2. The van der Waals surface area contributed by atoms with Crippen molar-refractivity contribution in [3.8, 4) is 0 Å². The van der Waals surface area contributed by atoms with Gasteiger partial charge in [-0.2, -0.15) is 0 Å². The summed E-state index contributed by atoms with van der Waals surface area (Å²) >= 11 is 0. The van der Waals surface area contributed by atoms with E-state index in [0.717, 1.165) is 25.7 Å². The van der Waals surface area contributed by atoms with Gasteiger partial charge in [-0.15, -0.1) is 0 Å². The normalized spacial score (nSPS) is 42.0. The number of carbonyl (C=O) groups is 1. The summed E-state index contributed by atoms with van der Waals surface area (Å²) in [4.78, 5) is 11.7. The van der Waals surface area contributed by atoms with Gasteiger partial charge in [-0.05, 0) is 75.0 Å². The molecule has 3 fully saturated rings. The van der Waals surface area contributed by atoms with Crippen molar-refractivity contribution in [1.29, 1.82) is 0 Å². The monoisotopic (exact) mass is 360 g/mol. The SMILES string of the molecule is C=C1CC[C@H]2[C@]3(C)C[C@@H](C=C(C)C)O[C@H]3CC[C@]2(C)[C@@H]1CCC(=O)OC. The third-order valence-electron chi connectivity index (χ3n) is 7.68. The molecule has 0 aromatic heterocycles. The first-order valence-corrected chi connectivity index (χ1v) is 10.3. The Labute approximate surface area is 159 Å². The van der Waals surface area contributed by atoms with Gasteiger partial charge in [-0.3, -0.25) is 4.79 Å². The molecular formula is C23H36O3. The van der Waals surface area contributed by atoms with E-state index < -0.39 is 0 Å². The number of carbonyl (C=O) groups excluding carboxylic acids is 1. The number of hydrogen-bond acceptors (Lipinski definition) is 3. The zero-order valence-electron chi connectivity index (χ0n) is 17.3. The average Bonchev–Trinajstić information content (AvgIpc) is 2.88. The summed E-state index contributed by atoms with van der Waals surface area (Å²) in [6.45, 7) is 13.6. The van der Waals surface area contributed by atoms with Gasteiger partial charge in [-0.25, -0.2) is 0 Å². The summed E-state index contributed by atoms with van der Waals surface area (Å²) in [6, 6.07) is 0. The Hall–Kier alpha value is -1.09. The highest BCUT2D eigenvalue weighted by Crippen LogP contribution is 2.65. The molecule has 0 radical (unpaired) electrons. The van der Waals surface area contributed by atoms with Gasteiger partial charge in [0, 0.05) is 6.42 Å². The molecule has 26 heavy (non-hydrogen) atoms. The molecule has 1 aliphatic heterocycles. The standard InChI is InChI=1S/C23H36O3/c1-15(2)13-17-14-23(5)19-9-7-16(3)18(8-10-21(24)25-6)22(19,4)12-11-20(23)26-17/h13,17-20H,3,7-12,14H2,1-2,4-6H3/t17-,18-,19-,20+,22-,23+/m1/s1. The van der Waals surface area contributed by atoms with Gasteiger partial charge in [0.15, 0.2) is 0 Å². The number of fused-ring (bicyclic) bond motifs is 3. The fraction of sp³-hybridized carbons (Fsp3) is 0.783. The molecule has 3 rings (SSSR count). The van der Waals surface area contributed by atoms with Crippen LogP contribution >= 0.6 is 0 Å². The summed E-state index contributed by atoms with van der Waals surface area (Å²) in [5.74, 6) is 0.953. The summed E-state index contributed by atoms with van der Waals surface area (Å²) in [5.41, 5.74) is 3.13. The van der Waals surface area contributed by atoms with Gasteiger partial charge < -0.3 is 9.47 Å². The molecular weight excluding hydrogens is 324 g/mol. The number of methoxy groups -OCH3 is 1. The molecule has 0 amide bonds. The van der Waals surface area contributed by atoms with E-state index in [9.17, 15) is 4.79 Å². The Balaban J connectivity index is 1.84. The average molecular weight is 361 g/mol. The maximum atomic E-state index is 11.7. The molecule has 0 N–H and O–H groups in total. The first-order valence-electron chi connectivity index (χ1n) is 10.3. The topological polar surface area (TPSA) is 35.5 Å². The van der Waals surface area contributed by atoms with E-state index in [1.54, 1.807) is 0 Å². The second-order valence-corrected chi connectivity index (χ2v) is 9.58. The molecule has 0 unspecified atom stereocenters. The van der Waals surface area contributed by atoms with Crippen LogP contribution in [0.3, 0.4) is 0 Å². The predicted molar refractivity (Wildman–Crippen MR) is 105 cm³/mol. The highest BCUT2D eigenvalue weighted by molar-refractivity contribution is 5.69. The third-order valence-corrected chi connectivity index (χ3v) is 7.68. The van der Waals surface area contributed by atoms with E-state index in [1.807, 2.05) is 0 Å². The molecule has 3 aliphatic rings. The number of esters is 1. The Bertz CT molecular complexity index is 603. The maximum Gasteiger partial charge on any atom is 0.305 e. The molecule has 2 saturated carbocycles. The Kier molecular flexibility index (Phi) is 5.40. The molecule has 0 spiro atoms. The molecule has 0 bridgehead atoms. The highest BCUT2D eigenvalue weighted by atomic mass is 16.5. The number of hydrogen-bond donors (Lipinski definition) is 0. The molecule has 1 heterocycles. The summed E-state index contributed by atoms with van der Waals surface area (Å²) < 4.78 is 11.4. The van der Waals surface area contributed by atoms with Gasteiger partial charge >= 0.3 is 5.97 Å². The van der Waals surface area contributed by atoms with Crippen molar-refractivity contribution in [2.45, 2.75) is 84.8 Å². The van der Waals surface area contributed by atoms with Crippen molar-refractivity contribution >= 4 is 5.97 Å². The van der Waals surface area contributed by atoms with Crippen LogP contribution in [0.4, 0.5) is 0 Å². The van der Waals surface area contributed by atoms with Crippen LogP contribution in [-0.2, 0) is 14.3 Å². The third kappa shape index (κ3) is 3.28. The molecule has 1 saturated heterocycles. The van der Waals surface area contributed by atoms with Crippen molar-refractivity contribution in [2.75, 3.05) is 7.11 Å². The summed E-state index contributed by atoms with van der Waals surface area (Å²) in [7, 11) is 1.48. The van der Waals surface area contributed by atoms with Gasteiger partial charge in [0.05, 0.1) is 19.3 Å². The van der Waals surface area contributed by atoms with E-state index in [1.165, 1.54) is 31.1 Å². The largest absolute Gasteiger partial charge is 0.469 e. The minimum atomic E-state index is -0.101. The minimum absolute atomic E-state index is 0.101. The first-order chi connectivity index (χ1) is 12.2.